The average molecular weight is 314 g/mol. The maximum Gasteiger partial charge on any atom is 0.340 e. The summed E-state index contributed by atoms with van der Waals surface area (Å²) < 4.78 is 10.4. The van der Waals surface area contributed by atoms with E-state index in [0.717, 1.165) is 0 Å². The molecule has 0 bridgehead atoms. The number of aromatic carboxylic acids is 2. The third-order valence-corrected chi connectivity index (χ3v) is 3.36. The molecule has 2 aromatic carbocycles. The summed E-state index contributed by atoms with van der Waals surface area (Å²) in [6, 6.07) is 8.54. The molecule has 0 spiro atoms. The summed E-state index contributed by atoms with van der Waals surface area (Å²) in [6.07, 6.45) is 0. The first kappa shape index (κ1) is 14.6. The molecule has 23 heavy (non-hydrogen) atoms. The van der Waals surface area contributed by atoms with Gasteiger partial charge < -0.3 is 19.7 Å². The van der Waals surface area contributed by atoms with E-state index in [2.05, 4.69) is 0 Å². The number of ether oxygens (including phenoxy) is 2. The summed E-state index contributed by atoms with van der Waals surface area (Å²) in [5.74, 6) is -3.18. The zero-order valence-corrected chi connectivity index (χ0v) is 11.6. The molecule has 3 rings (SSSR count). The monoisotopic (exact) mass is 314 g/mol. The number of carbonyl (C=O) groups is 3. The third kappa shape index (κ3) is 2.59. The van der Waals surface area contributed by atoms with Crippen molar-refractivity contribution in [1.29, 1.82) is 0 Å². The van der Waals surface area contributed by atoms with Crippen LogP contribution in [-0.2, 0) is 11.3 Å². The van der Waals surface area contributed by atoms with Gasteiger partial charge in [0, 0.05) is 5.56 Å². The van der Waals surface area contributed by atoms with Crippen LogP contribution in [0.3, 0.4) is 0 Å². The molecule has 0 atom stereocenters. The lowest BCUT2D eigenvalue weighted by Crippen LogP contribution is -2.09. The highest BCUT2D eigenvalue weighted by molar-refractivity contribution is 6.03. The lowest BCUT2D eigenvalue weighted by atomic mass is 10.1. The molecular weight excluding hydrogens is 304 g/mol. The van der Waals surface area contributed by atoms with Crippen LogP contribution in [0.25, 0.3) is 0 Å². The molecule has 0 fully saturated rings. The predicted molar refractivity (Wildman–Crippen MR) is 76.0 cm³/mol. The molecule has 1 heterocycles. The van der Waals surface area contributed by atoms with Gasteiger partial charge in [0.25, 0.3) is 0 Å². The van der Waals surface area contributed by atoms with E-state index < -0.39 is 23.5 Å². The van der Waals surface area contributed by atoms with Crippen molar-refractivity contribution in [2.45, 2.75) is 6.61 Å². The number of carboxylic acid groups (broad SMARTS) is 2. The fraction of sp³-hybridized carbons (Fsp3) is 0.0625. The molecule has 116 valence electrons. The Hall–Kier alpha value is -3.35. The third-order valence-electron chi connectivity index (χ3n) is 3.36. The molecule has 0 radical (unpaired) electrons. The van der Waals surface area contributed by atoms with E-state index in [1.807, 2.05) is 0 Å². The van der Waals surface area contributed by atoms with Gasteiger partial charge >= 0.3 is 17.9 Å². The topological polar surface area (TPSA) is 110 Å². The minimum atomic E-state index is -1.42. The van der Waals surface area contributed by atoms with Crippen molar-refractivity contribution in [1.82, 2.24) is 0 Å². The van der Waals surface area contributed by atoms with Crippen LogP contribution < -0.4 is 4.74 Å². The van der Waals surface area contributed by atoms with Gasteiger partial charge in [-0.15, -0.1) is 0 Å². The van der Waals surface area contributed by atoms with Crippen molar-refractivity contribution in [3.8, 4) is 11.5 Å². The van der Waals surface area contributed by atoms with Crippen LogP contribution in [0.1, 0.15) is 36.6 Å². The molecule has 0 amide bonds. The van der Waals surface area contributed by atoms with E-state index in [4.69, 9.17) is 14.6 Å². The molecule has 0 aromatic heterocycles. The standard InChI is InChI=1S/C16H10O7/c17-14(18)10-2-1-3-12(13(10)15(19)20)23-9-5-4-8-7-22-16(21)11(8)6-9/h1-6H,7H2,(H,17,18)(H,19,20). The number of esters is 1. The number of fused-ring (bicyclic) bond motifs is 1. The molecule has 1 aliphatic heterocycles. The fourth-order valence-corrected chi connectivity index (χ4v) is 2.30. The van der Waals surface area contributed by atoms with E-state index in [0.29, 0.717) is 11.1 Å². The van der Waals surface area contributed by atoms with E-state index in [1.54, 1.807) is 12.1 Å². The first-order chi connectivity index (χ1) is 11.0. The van der Waals surface area contributed by atoms with Crippen molar-refractivity contribution >= 4 is 17.9 Å². The van der Waals surface area contributed by atoms with Gasteiger partial charge in [0.05, 0.1) is 11.1 Å². The summed E-state index contributed by atoms with van der Waals surface area (Å²) in [5, 5.41) is 18.3. The molecule has 0 saturated heterocycles. The van der Waals surface area contributed by atoms with Crippen molar-refractivity contribution in [2.24, 2.45) is 0 Å². The van der Waals surface area contributed by atoms with Gasteiger partial charge in [-0.05, 0) is 24.3 Å². The SMILES string of the molecule is O=C1OCc2ccc(Oc3cccc(C(=O)O)c3C(=O)O)cc21. The van der Waals surface area contributed by atoms with Crippen molar-refractivity contribution in [2.75, 3.05) is 0 Å². The molecule has 2 aromatic rings. The van der Waals surface area contributed by atoms with Crippen LogP contribution >= 0.6 is 0 Å². The number of carboxylic acids is 2. The molecule has 7 heteroatoms. The van der Waals surface area contributed by atoms with Gasteiger partial charge in [0.2, 0.25) is 0 Å². The van der Waals surface area contributed by atoms with Gasteiger partial charge in [-0.25, -0.2) is 14.4 Å². The lowest BCUT2D eigenvalue weighted by molar-refractivity contribution is 0.0534. The second-order valence-electron chi connectivity index (χ2n) is 4.79. The predicted octanol–water partition coefficient (Wildman–Crippen LogP) is 2.55. The van der Waals surface area contributed by atoms with Crippen molar-refractivity contribution in [3.05, 3.63) is 58.7 Å². The largest absolute Gasteiger partial charge is 0.478 e. The first-order valence-corrected chi connectivity index (χ1v) is 6.55. The Morgan fingerprint density at radius 3 is 2.57 bits per heavy atom. The zero-order chi connectivity index (χ0) is 16.6. The Morgan fingerprint density at radius 2 is 1.87 bits per heavy atom. The molecule has 0 saturated carbocycles. The van der Waals surface area contributed by atoms with Gasteiger partial charge in [-0.1, -0.05) is 12.1 Å². The zero-order valence-electron chi connectivity index (χ0n) is 11.6. The normalized spacial score (nSPS) is 12.4. The Labute approximate surface area is 129 Å². The van der Waals surface area contributed by atoms with Gasteiger partial charge in [0.1, 0.15) is 23.7 Å². The van der Waals surface area contributed by atoms with Gasteiger partial charge in [0.15, 0.2) is 0 Å². The summed E-state index contributed by atoms with van der Waals surface area (Å²) in [4.78, 5) is 34.0. The number of cyclic esters (lactones) is 1. The number of benzene rings is 2. The molecular formula is C16H10O7. The van der Waals surface area contributed by atoms with Crippen LogP contribution in [0.15, 0.2) is 36.4 Å². The molecule has 7 nitrogen and oxygen atoms in total. The van der Waals surface area contributed by atoms with E-state index in [-0.39, 0.29) is 23.7 Å². The quantitative estimate of drug-likeness (QED) is 0.834. The fourth-order valence-electron chi connectivity index (χ4n) is 2.30. The van der Waals surface area contributed by atoms with Crippen LogP contribution in [0.2, 0.25) is 0 Å². The Morgan fingerprint density at radius 1 is 1.09 bits per heavy atom. The minimum absolute atomic E-state index is 0.122. The summed E-state index contributed by atoms with van der Waals surface area (Å²) in [7, 11) is 0. The highest BCUT2D eigenvalue weighted by Crippen LogP contribution is 2.31. The maximum absolute atomic E-state index is 11.5. The lowest BCUT2D eigenvalue weighted by Gasteiger charge is -2.11. The van der Waals surface area contributed by atoms with Crippen molar-refractivity contribution < 1.29 is 34.1 Å². The Bertz CT molecular complexity index is 838. The second kappa shape index (κ2) is 5.45. The molecule has 0 aliphatic carbocycles. The molecule has 0 unspecified atom stereocenters. The van der Waals surface area contributed by atoms with Gasteiger partial charge in [-0.3, -0.25) is 0 Å². The number of carbonyl (C=O) groups excluding carboxylic acids is 1. The van der Waals surface area contributed by atoms with Crippen LogP contribution in [0.5, 0.6) is 11.5 Å². The first-order valence-electron chi connectivity index (χ1n) is 6.55. The summed E-state index contributed by atoms with van der Waals surface area (Å²) >= 11 is 0. The highest BCUT2D eigenvalue weighted by Gasteiger charge is 2.24. The second-order valence-corrected chi connectivity index (χ2v) is 4.79. The number of hydrogen-bond donors (Lipinski definition) is 2. The number of rotatable bonds is 4. The van der Waals surface area contributed by atoms with E-state index in [9.17, 15) is 19.5 Å². The maximum atomic E-state index is 11.5. The smallest absolute Gasteiger partial charge is 0.340 e. The highest BCUT2D eigenvalue weighted by atomic mass is 16.5. The van der Waals surface area contributed by atoms with Crippen LogP contribution in [-0.4, -0.2) is 28.1 Å². The molecule has 1 aliphatic rings. The van der Waals surface area contributed by atoms with Crippen LogP contribution in [0.4, 0.5) is 0 Å². The summed E-state index contributed by atoms with van der Waals surface area (Å²) in [5.41, 5.74) is 0.215. The van der Waals surface area contributed by atoms with E-state index >= 15 is 0 Å². The Kier molecular flexibility index (Phi) is 3.46. The van der Waals surface area contributed by atoms with Crippen molar-refractivity contribution in [3.63, 3.8) is 0 Å². The van der Waals surface area contributed by atoms with Gasteiger partial charge in [-0.2, -0.15) is 0 Å². The Balaban J connectivity index is 2.02. The molecule has 2 N–H and O–H groups in total. The summed E-state index contributed by atoms with van der Waals surface area (Å²) in [6.45, 7) is 0.184. The minimum Gasteiger partial charge on any atom is -0.478 e. The average Bonchev–Trinajstić information content (AvgIpc) is 2.88. The number of hydrogen-bond acceptors (Lipinski definition) is 5. The van der Waals surface area contributed by atoms with Crippen LogP contribution in [0, 0.1) is 0 Å². The van der Waals surface area contributed by atoms with E-state index in [1.165, 1.54) is 24.3 Å².